The summed E-state index contributed by atoms with van der Waals surface area (Å²) in [5.74, 6) is 0. The molecule has 0 saturated heterocycles. The van der Waals surface area contributed by atoms with Gasteiger partial charge in [0, 0.05) is 0 Å². The molecule has 0 aromatic rings. The Morgan fingerprint density at radius 2 is 0.655 bits per heavy atom. The molecule has 1 nitrogen and oxygen atoms in total. The quantitative estimate of drug-likeness (QED) is 0.120. The van der Waals surface area contributed by atoms with Crippen LogP contribution >= 0.6 is 7.26 Å². The van der Waals surface area contributed by atoms with E-state index in [0.29, 0.717) is 0 Å². The van der Waals surface area contributed by atoms with E-state index in [4.69, 9.17) is 5.73 Å². The van der Waals surface area contributed by atoms with Crippen molar-refractivity contribution in [3.05, 3.63) is 0 Å². The van der Waals surface area contributed by atoms with E-state index >= 15 is 0 Å². The maximum atomic E-state index is 5.99. The first kappa shape index (κ1) is 29.4. The monoisotopic (exact) mass is 429 g/mol. The molecule has 29 heavy (non-hydrogen) atoms. The van der Waals surface area contributed by atoms with Crippen LogP contribution in [0.15, 0.2) is 0 Å². The van der Waals surface area contributed by atoms with Gasteiger partial charge in [0.1, 0.15) is 0 Å². The second-order valence-corrected chi connectivity index (χ2v) is 14.9. The Morgan fingerprint density at radius 3 is 0.966 bits per heavy atom. The molecule has 0 aliphatic rings. The van der Waals surface area contributed by atoms with Crippen LogP contribution in [0.3, 0.4) is 0 Å². The van der Waals surface area contributed by atoms with Crippen molar-refractivity contribution in [2.45, 2.75) is 143 Å². The molecule has 0 spiro atoms. The first-order valence-corrected chi connectivity index (χ1v) is 16.8. The fourth-order valence-electron chi connectivity index (χ4n) is 5.07. The van der Waals surface area contributed by atoms with E-state index in [1.807, 2.05) is 0 Å². The van der Waals surface area contributed by atoms with Crippen molar-refractivity contribution in [3.63, 3.8) is 0 Å². The van der Waals surface area contributed by atoms with Gasteiger partial charge in [-0.25, -0.2) is 0 Å². The van der Waals surface area contributed by atoms with Crippen molar-refractivity contribution in [2.24, 2.45) is 5.73 Å². The van der Waals surface area contributed by atoms with Gasteiger partial charge in [0.25, 0.3) is 0 Å². The Balaban J connectivity index is 4.52. The summed E-state index contributed by atoms with van der Waals surface area (Å²) in [4.78, 5) is 0. The van der Waals surface area contributed by atoms with Crippen LogP contribution < -0.4 is 5.73 Å². The molecule has 0 amide bonds. The van der Waals surface area contributed by atoms with Crippen LogP contribution in [0.5, 0.6) is 0 Å². The van der Waals surface area contributed by atoms with Crippen LogP contribution in [-0.4, -0.2) is 31.2 Å². The third-order valence-corrected chi connectivity index (χ3v) is 12.8. The van der Waals surface area contributed by atoms with E-state index in [0.717, 1.165) is 6.54 Å². The van der Waals surface area contributed by atoms with Gasteiger partial charge in [-0.3, -0.25) is 0 Å². The molecule has 0 aliphatic carbocycles. The van der Waals surface area contributed by atoms with E-state index in [2.05, 4.69) is 20.8 Å². The van der Waals surface area contributed by atoms with E-state index < -0.39 is 7.26 Å². The van der Waals surface area contributed by atoms with E-state index in [1.54, 1.807) is 18.5 Å². The number of hydrogen-bond donors (Lipinski definition) is 1. The molecule has 0 heterocycles. The van der Waals surface area contributed by atoms with E-state index in [-0.39, 0.29) is 0 Å². The van der Waals surface area contributed by atoms with Crippen molar-refractivity contribution >= 4 is 7.26 Å². The Bertz CT molecular complexity index is 264. The summed E-state index contributed by atoms with van der Waals surface area (Å²) in [5.41, 5.74) is 5.99. The summed E-state index contributed by atoms with van der Waals surface area (Å²) < 4.78 is 0. The molecule has 0 radical (unpaired) electrons. The number of rotatable bonds is 24. The first-order chi connectivity index (χ1) is 14.2. The second kappa shape index (κ2) is 23.1. The van der Waals surface area contributed by atoms with Crippen LogP contribution in [-0.2, 0) is 0 Å². The Hall–Kier alpha value is 0.390. The molecule has 0 unspecified atom stereocenters. The first-order valence-electron chi connectivity index (χ1n) is 13.9. The van der Waals surface area contributed by atoms with Gasteiger partial charge in [0.05, 0.1) is 0 Å². The van der Waals surface area contributed by atoms with Crippen LogP contribution in [0.4, 0.5) is 0 Å². The van der Waals surface area contributed by atoms with Crippen molar-refractivity contribution < 1.29 is 0 Å². The fraction of sp³-hybridized carbons (Fsp3) is 1.00. The van der Waals surface area contributed by atoms with Gasteiger partial charge in [0.2, 0.25) is 0 Å². The van der Waals surface area contributed by atoms with Gasteiger partial charge in [-0.1, -0.05) is 0 Å². The molecule has 2 heteroatoms. The zero-order chi connectivity index (χ0) is 21.5. The Labute approximate surface area is 187 Å². The summed E-state index contributed by atoms with van der Waals surface area (Å²) in [7, 11) is -1.10. The van der Waals surface area contributed by atoms with Crippen LogP contribution in [0.1, 0.15) is 143 Å². The Kier molecular flexibility index (Phi) is 23.4. The van der Waals surface area contributed by atoms with Crippen LogP contribution in [0, 0.1) is 0 Å². The molecule has 0 bridgehead atoms. The van der Waals surface area contributed by atoms with Gasteiger partial charge in [-0.05, 0) is 0 Å². The SMILES string of the molecule is CCCCCCCC[PH](CCCN)(CCCCCCCC)CCCCCCCC. The topological polar surface area (TPSA) is 26.0 Å². The minimum absolute atomic E-state index is 0.915. The summed E-state index contributed by atoms with van der Waals surface area (Å²) in [6.07, 6.45) is 33.9. The van der Waals surface area contributed by atoms with Gasteiger partial charge in [0.15, 0.2) is 0 Å². The van der Waals surface area contributed by atoms with Crippen molar-refractivity contribution in [2.75, 3.05) is 31.2 Å². The summed E-state index contributed by atoms with van der Waals surface area (Å²) >= 11 is 0. The normalized spacial score (nSPS) is 12.6. The molecule has 0 aromatic heterocycles. The van der Waals surface area contributed by atoms with Gasteiger partial charge >= 0.3 is 187 Å². The van der Waals surface area contributed by atoms with Gasteiger partial charge in [-0.15, -0.1) is 0 Å². The predicted molar refractivity (Wildman–Crippen MR) is 142 cm³/mol. The zero-order valence-electron chi connectivity index (χ0n) is 21.0. The summed E-state index contributed by atoms with van der Waals surface area (Å²) in [6.45, 7) is 7.89. The molecule has 0 fully saturated rings. The molecule has 0 aliphatic heterocycles. The maximum absolute atomic E-state index is 5.99. The molecule has 0 saturated carbocycles. The molecule has 0 rings (SSSR count). The zero-order valence-corrected chi connectivity index (χ0v) is 22.0. The van der Waals surface area contributed by atoms with Crippen molar-refractivity contribution in [3.8, 4) is 0 Å². The molecule has 178 valence electrons. The van der Waals surface area contributed by atoms with Crippen molar-refractivity contribution in [1.29, 1.82) is 0 Å². The second-order valence-electron chi connectivity index (χ2n) is 9.95. The average molecular weight is 430 g/mol. The minimum atomic E-state index is -1.10. The molecule has 2 N–H and O–H groups in total. The molecular formula is C27H60NP. The summed E-state index contributed by atoms with van der Waals surface area (Å²) in [6, 6.07) is 0. The van der Waals surface area contributed by atoms with Crippen LogP contribution in [0.2, 0.25) is 0 Å². The van der Waals surface area contributed by atoms with Crippen LogP contribution in [0.25, 0.3) is 0 Å². The van der Waals surface area contributed by atoms with E-state index in [1.165, 1.54) is 128 Å². The standard InChI is InChI=1S/C27H60NP/c1-4-7-10-13-16-19-24-29(27-22-23-28,25-20-17-14-11-8-5-2)26-21-18-15-12-9-6-3/h29H,4-28H2,1-3H3. The van der Waals surface area contributed by atoms with Gasteiger partial charge in [-0.2, -0.15) is 0 Å². The van der Waals surface area contributed by atoms with E-state index in [9.17, 15) is 0 Å². The summed E-state index contributed by atoms with van der Waals surface area (Å²) in [5, 5.41) is 0. The fourth-order valence-corrected chi connectivity index (χ4v) is 10.5. The molecule has 0 atom stereocenters. The van der Waals surface area contributed by atoms with Crippen molar-refractivity contribution in [1.82, 2.24) is 0 Å². The Morgan fingerprint density at radius 1 is 0.379 bits per heavy atom. The third-order valence-electron chi connectivity index (χ3n) is 7.09. The molecular weight excluding hydrogens is 369 g/mol. The number of hydrogen-bond acceptors (Lipinski definition) is 1. The van der Waals surface area contributed by atoms with Gasteiger partial charge < -0.3 is 0 Å². The third kappa shape index (κ3) is 18.8. The predicted octanol–water partition coefficient (Wildman–Crippen LogP) is 9.17. The number of nitrogens with two attached hydrogens (primary N) is 1. The molecule has 0 aromatic carbocycles. The number of unbranched alkanes of at least 4 members (excludes halogenated alkanes) is 15. The average Bonchev–Trinajstić information content (AvgIpc) is 2.74.